The average molecular weight is 336 g/mol. The minimum Gasteiger partial charge on any atom is -0.366 e. The van der Waals surface area contributed by atoms with Crippen LogP contribution in [0.25, 0.3) is 0 Å². The Morgan fingerprint density at radius 2 is 1.87 bits per heavy atom. The summed E-state index contributed by atoms with van der Waals surface area (Å²) in [5.74, 6) is -0.548. The van der Waals surface area contributed by atoms with Crippen molar-refractivity contribution in [3.63, 3.8) is 0 Å². The topological polar surface area (TPSA) is 62.5 Å². The normalized spacial score (nSPS) is 15.1. The second-order valence-electron chi connectivity index (χ2n) is 5.50. The Morgan fingerprint density at radius 3 is 2.39 bits per heavy atom. The van der Waals surface area contributed by atoms with Gasteiger partial charge in [0, 0.05) is 37.1 Å². The number of piperazine rings is 1. The molecule has 1 aliphatic rings. The van der Waals surface area contributed by atoms with Crippen LogP contribution in [0.5, 0.6) is 0 Å². The van der Waals surface area contributed by atoms with Crippen molar-refractivity contribution in [3.8, 4) is 0 Å². The third kappa shape index (κ3) is 3.12. The Bertz CT molecular complexity index is 722. The smallest absolute Gasteiger partial charge is 0.272 e. The maximum Gasteiger partial charge on any atom is 0.272 e. The van der Waals surface area contributed by atoms with Gasteiger partial charge in [-0.3, -0.25) is 10.1 Å². The number of non-ortho nitro benzene ring substituents is 1. The molecule has 1 aromatic heterocycles. The zero-order valence-electron chi connectivity index (χ0n) is 13.0. The van der Waals surface area contributed by atoms with Crippen LogP contribution in [-0.4, -0.2) is 36.1 Å². The third-order valence-electron chi connectivity index (χ3n) is 4.05. The van der Waals surface area contributed by atoms with Gasteiger partial charge in [0.15, 0.2) is 10.9 Å². The molecule has 8 heteroatoms. The molecule has 1 aliphatic heterocycles. The van der Waals surface area contributed by atoms with E-state index in [0.717, 1.165) is 30.0 Å². The Labute approximate surface area is 137 Å². The van der Waals surface area contributed by atoms with Crippen LogP contribution in [0.2, 0.25) is 0 Å². The first kappa shape index (κ1) is 15.7. The first-order chi connectivity index (χ1) is 11.0. The maximum atomic E-state index is 14.1. The first-order valence-electron chi connectivity index (χ1n) is 7.33. The van der Waals surface area contributed by atoms with Crippen molar-refractivity contribution in [1.82, 2.24) is 4.98 Å². The van der Waals surface area contributed by atoms with E-state index < -0.39 is 10.7 Å². The summed E-state index contributed by atoms with van der Waals surface area (Å²) in [6, 6.07) is 3.81. The lowest BCUT2D eigenvalue weighted by Crippen LogP contribution is -2.46. The molecule has 23 heavy (non-hydrogen) atoms. The number of nitro groups is 1. The van der Waals surface area contributed by atoms with Crippen molar-refractivity contribution in [1.29, 1.82) is 0 Å². The lowest BCUT2D eigenvalue weighted by atomic mass is 10.2. The summed E-state index contributed by atoms with van der Waals surface area (Å²) in [7, 11) is 0. The Balaban J connectivity index is 1.70. The van der Waals surface area contributed by atoms with E-state index in [1.54, 1.807) is 11.3 Å². The predicted molar refractivity (Wildman–Crippen MR) is 89.1 cm³/mol. The van der Waals surface area contributed by atoms with Crippen LogP contribution in [0.4, 0.5) is 20.9 Å². The van der Waals surface area contributed by atoms with Crippen molar-refractivity contribution in [2.24, 2.45) is 0 Å². The monoisotopic (exact) mass is 336 g/mol. The van der Waals surface area contributed by atoms with Gasteiger partial charge in [0.05, 0.1) is 22.4 Å². The Morgan fingerprint density at radius 1 is 1.22 bits per heavy atom. The Kier molecular flexibility index (Phi) is 4.16. The van der Waals surface area contributed by atoms with Gasteiger partial charge in [-0.05, 0) is 19.9 Å². The van der Waals surface area contributed by atoms with Crippen molar-refractivity contribution < 1.29 is 9.31 Å². The number of hydrogen-bond donors (Lipinski definition) is 0. The number of hydrogen-bond acceptors (Lipinski definition) is 6. The molecule has 0 amide bonds. The first-order valence-corrected chi connectivity index (χ1v) is 8.15. The highest BCUT2D eigenvalue weighted by Gasteiger charge is 2.23. The maximum absolute atomic E-state index is 14.1. The van der Waals surface area contributed by atoms with Crippen molar-refractivity contribution in [2.75, 3.05) is 36.0 Å². The summed E-state index contributed by atoms with van der Waals surface area (Å²) in [6.07, 6.45) is 0. The lowest BCUT2D eigenvalue weighted by molar-refractivity contribution is -0.385. The molecule has 0 bridgehead atoms. The molecular weight excluding hydrogens is 319 g/mol. The van der Waals surface area contributed by atoms with Gasteiger partial charge >= 0.3 is 0 Å². The highest BCUT2D eigenvalue weighted by Crippen LogP contribution is 2.28. The quantitative estimate of drug-likeness (QED) is 0.636. The van der Waals surface area contributed by atoms with Crippen LogP contribution < -0.4 is 9.80 Å². The van der Waals surface area contributed by atoms with E-state index >= 15 is 0 Å². The van der Waals surface area contributed by atoms with Gasteiger partial charge in [0.1, 0.15) is 0 Å². The molecule has 0 unspecified atom stereocenters. The van der Waals surface area contributed by atoms with Gasteiger partial charge < -0.3 is 9.80 Å². The number of aryl methyl sites for hydroxylation is 2. The molecule has 1 saturated heterocycles. The number of thiazole rings is 1. The predicted octanol–water partition coefficient (Wildman–Crippen LogP) is 3.13. The van der Waals surface area contributed by atoms with E-state index in [4.69, 9.17) is 0 Å². The summed E-state index contributed by atoms with van der Waals surface area (Å²) in [5.41, 5.74) is 1.24. The number of halogens is 1. The summed E-state index contributed by atoms with van der Waals surface area (Å²) < 4.78 is 14.1. The fourth-order valence-electron chi connectivity index (χ4n) is 2.60. The van der Waals surface area contributed by atoms with Crippen molar-refractivity contribution in [3.05, 3.63) is 44.7 Å². The van der Waals surface area contributed by atoms with Gasteiger partial charge in [-0.2, -0.15) is 0 Å². The summed E-state index contributed by atoms with van der Waals surface area (Å²) in [6.45, 7) is 6.88. The van der Waals surface area contributed by atoms with Gasteiger partial charge in [-0.1, -0.05) is 0 Å². The Hall–Kier alpha value is -2.22. The van der Waals surface area contributed by atoms with E-state index in [0.29, 0.717) is 18.8 Å². The molecule has 0 saturated carbocycles. The fraction of sp³-hybridized carbons (Fsp3) is 0.400. The highest BCUT2D eigenvalue weighted by atomic mass is 32.1. The van der Waals surface area contributed by atoms with Crippen LogP contribution in [0.3, 0.4) is 0 Å². The molecule has 0 N–H and O–H groups in total. The molecule has 1 fully saturated rings. The molecule has 2 aromatic rings. The van der Waals surface area contributed by atoms with Crippen molar-refractivity contribution >= 4 is 27.8 Å². The molecule has 122 valence electrons. The second-order valence-corrected chi connectivity index (χ2v) is 6.69. The van der Waals surface area contributed by atoms with E-state index in [1.807, 2.05) is 11.8 Å². The van der Waals surface area contributed by atoms with Crippen molar-refractivity contribution in [2.45, 2.75) is 13.8 Å². The van der Waals surface area contributed by atoms with E-state index in [9.17, 15) is 14.5 Å². The van der Waals surface area contributed by atoms with Crippen LogP contribution in [0.15, 0.2) is 18.2 Å². The van der Waals surface area contributed by atoms with Crippen LogP contribution in [-0.2, 0) is 0 Å². The van der Waals surface area contributed by atoms with Gasteiger partial charge in [0.25, 0.3) is 5.69 Å². The standard InChI is InChI=1S/C15H17FN4O2S/c1-10-11(2)23-15(17-10)19-7-5-18(6-8-19)14-4-3-12(20(21)22)9-13(14)16/h3-4,9H,5-8H2,1-2H3. The van der Waals surface area contributed by atoms with Crippen LogP contribution >= 0.6 is 11.3 Å². The third-order valence-corrected chi connectivity index (χ3v) is 5.18. The number of nitrogens with zero attached hydrogens (tertiary/aromatic N) is 4. The second kappa shape index (κ2) is 6.11. The molecule has 0 radical (unpaired) electrons. The number of aromatic nitrogens is 1. The molecule has 0 spiro atoms. The van der Waals surface area contributed by atoms with Crippen LogP contribution in [0, 0.1) is 29.8 Å². The summed E-state index contributed by atoms with van der Waals surface area (Å²) >= 11 is 1.67. The molecular formula is C15H17FN4O2S. The molecule has 0 atom stereocenters. The zero-order chi connectivity index (χ0) is 16.6. The minimum absolute atomic E-state index is 0.223. The highest BCUT2D eigenvalue weighted by molar-refractivity contribution is 7.15. The van der Waals surface area contributed by atoms with E-state index in [-0.39, 0.29) is 5.69 Å². The van der Waals surface area contributed by atoms with E-state index in [1.165, 1.54) is 17.0 Å². The van der Waals surface area contributed by atoms with E-state index in [2.05, 4.69) is 16.8 Å². The molecule has 0 aliphatic carbocycles. The van der Waals surface area contributed by atoms with Gasteiger partial charge in [0.2, 0.25) is 0 Å². The zero-order valence-corrected chi connectivity index (χ0v) is 13.8. The minimum atomic E-state index is -0.585. The number of rotatable bonds is 3. The largest absolute Gasteiger partial charge is 0.366 e. The summed E-state index contributed by atoms with van der Waals surface area (Å²) in [5, 5.41) is 11.7. The fourth-order valence-corrected chi connectivity index (χ4v) is 3.56. The number of anilines is 2. The van der Waals surface area contributed by atoms with Crippen LogP contribution in [0.1, 0.15) is 10.6 Å². The number of nitro benzene ring substituents is 1. The molecule has 3 rings (SSSR count). The molecule has 2 heterocycles. The van der Waals surface area contributed by atoms with Gasteiger partial charge in [-0.15, -0.1) is 11.3 Å². The van der Waals surface area contributed by atoms with Gasteiger partial charge in [-0.25, -0.2) is 9.37 Å². The molecule has 1 aromatic carbocycles. The lowest BCUT2D eigenvalue weighted by Gasteiger charge is -2.36. The SMILES string of the molecule is Cc1nc(N2CCN(c3ccc([N+](=O)[O-])cc3F)CC2)sc1C. The molecule has 6 nitrogen and oxygen atoms in total. The number of benzene rings is 1. The summed E-state index contributed by atoms with van der Waals surface area (Å²) in [4.78, 5) is 20.0. The average Bonchev–Trinajstić information content (AvgIpc) is 2.87.